The Morgan fingerprint density at radius 1 is 1.33 bits per heavy atom. The number of hydrogen-bond acceptors (Lipinski definition) is 3. The summed E-state index contributed by atoms with van der Waals surface area (Å²) in [5, 5.41) is 18.2. The summed E-state index contributed by atoms with van der Waals surface area (Å²) in [6.45, 7) is 0.405. The van der Waals surface area contributed by atoms with E-state index in [4.69, 9.17) is 5.11 Å². The third-order valence-corrected chi connectivity index (χ3v) is 2.83. The van der Waals surface area contributed by atoms with Crippen LogP contribution >= 0.6 is 0 Å². The Kier molecular flexibility index (Phi) is 4.55. The molecule has 0 aliphatic rings. The number of nitrogens with one attached hydrogen (secondary N) is 2. The van der Waals surface area contributed by atoms with Gasteiger partial charge in [0.1, 0.15) is 0 Å². The second-order valence-electron chi connectivity index (χ2n) is 4.51. The summed E-state index contributed by atoms with van der Waals surface area (Å²) in [4.78, 5) is 22.5. The van der Waals surface area contributed by atoms with Crippen LogP contribution < -0.4 is 10.6 Å². The molecule has 21 heavy (non-hydrogen) atoms. The fraction of sp³-hybridized carbons (Fsp3) is 0.214. The van der Waals surface area contributed by atoms with E-state index in [9.17, 15) is 9.59 Å². The summed E-state index contributed by atoms with van der Waals surface area (Å²) in [5.41, 5.74) is 1.10. The minimum atomic E-state index is -0.960. The second-order valence-corrected chi connectivity index (χ2v) is 4.51. The van der Waals surface area contributed by atoms with Crippen LogP contribution in [0, 0.1) is 0 Å². The van der Waals surface area contributed by atoms with Gasteiger partial charge in [0.15, 0.2) is 5.82 Å². The van der Waals surface area contributed by atoms with Crippen LogP contribution in [-0.4, -0.2) is 33.4 Å². The van der Waals surface area contributed by atoms with Crippen LogP contribution in [0.15, 0.2) is 36.5 Å². The first-order chi connectivity index (χ1) is 10.0. The smallest absolute Gasteiger partial charge is 0.335 e. The lowest BCUT2D eigenvalue weighted by atomic mass is 10.1. The molecule has 2 aromatic rings. The molecular formula is C14H16N4O3. The van der Waals surface area contributed by atoms with Crippen molar-refractivity contribution in [1.82, 2.24) is 15.1 Å². The second kappa shape index (κ2) is 6.56. The number of urea groups is 1. The minimum Gasteiger partial charge on any atom is -0.478 e. The first-order valence-electron chi connectivity index (χ1n) is 6.41. The molecule has 110 valence electrons. The molecule has 3 N–H and O–H groups in total. The number of aromatic carboxylic acids is 1. The molecule has 0 aliphatic carbocycles. The topological polar surface area (TPSA) is 96.2 Å². The maximum atomic E-state index is 11.6. The van der Waals surface area contributed by atoms with E-state index in [0.29, 0.717) is 18.8 Å². The van der Waals surface area contributed by atoms with E-state index in [-0.39, 0.29) is 11.6 Å². The predicted octanol–water partition coefficient (Wildman–Crippen LogP) is 1.48. The zero-order chi connectivity index (χ0) is 15.2. The van der Waals surface area contributed by atoms with Crippen LogP contribution in [0.1, 0.15) is 15.9 Å². The van der Waals surface area contributed by atoms with E-state index in [1.54, 1.807) is 36.1 Å². The van der Waals surface area contributed by atoms with E-state index in [0.717, 1.165) is 5.56 Å². The van der Waals surface area contributed by atoms with Crippen LogP contribution in [0.3, 0.4) is 0 Å². The fourth-order valence-electron chi connectivity index (χ4n) is 1.82. The molecular weight excluding hydrogens is 272 g/mol. The zero-order valence-corrected chi connectivity index (χ0v) is 11.5. The number of carbonyl (C=O) groups is 2. The summed E-state index contributed by atoms with van der Waals surface area (Å²) < 4.78 is 1.59. The molecule has 0 saturated carbocycles. The quantitative estimate of drug-likeness (QED) is 0.776. The van der Waals surface area contributed by atoms with Crippen molar-refractivity contribution in [3.8, 4) is 0 Å². The maximum absolute atomic E-state index is 11.6. The molecule has 7 heteroatoms. The van der Waals surface area contributed by atoms with Gasteiger partial charge in [0.2, 0.25) is 0 Å². The highest BCUT2D eigenvalue weighted by molar-refractivity contribution is 5.88. The Labute approximate surface area is 121 Å². The third-order valence-electron chi connectivity index (χ3n) is 2.83. The number of nitrogens with zero attached hydrogens (tertiary/aromatic N) is 2. The summed E-state index contributed by atoms with van der Waals surface area (Å²) in [6, 6.07) is 7.99. The van der Waals surface area contributed by atoms with Gasteiger partial charge in [0.25, 0.3) is 0 Å². The Morgan fingerprint density at radius 3 is 2.81 bits per heavy atom. The van der Waals surface area contributed by atoms with E-state index >= 15 is 0 Å². The van der Waals surface area contributed by atoms with E-state index in [1.807, 2.05) is 6.07 Å². The number of aromatic nitrogens is 2. The molecule has 1 aromatic carbocycles. The number of carbonyl (C=O) groups excluding carboxylic acids is 1. The average molecular weight is 288 g/mol. The van der Waals surface area contributed by atoms with Gasteiger partial charge >= 0.3 is 12.0 Å². The maximum Gasteiger partial charge on any atom is 0.335 e. The van der Waals surface area contributed by atoms with Crippen molar-refractivity contribution < 1.29 is 14.7 Å². The molecule has 0 atom stereocenters. The molecule has 0 saturated heterocycles. The number of carboxylic acid groups (broad SMARTS) is 1. The van der Waals surface area contributed by atoms with Crippen molar-refractivity contribution in [2.75, 3.05) is 11.9 Å². The van der Waals surface area contributed by atoms with Gasteiger partial charge < -0.3 is 10.4 Å². The lowest BCUT2D eigenvalue weighted by Crippen LogP contribution is -2.30. The van der Waals surface area contributed by atoms with Crippen LogP contribution in [0.4, 0.5) is 10.6 Å². The number of amides is 2. The number of rotatable bonds is 5. The Hall–Kier alpha value is -2.83. The van der Waals surface area contributed by atoms with Gasteiger partial charge in [-0.2, -0.15) is 5.10 Å². The minimum absolute atomic E-state index is 0.241. The monoisotopic (exact) mass is 288 g/mol. The number of aryl methyl sites for hydroxylation is 1. The Balaban J connectivity index is 1.80. The largest absolute Gasteiger partial charge is 0.478 e. The molecule has 1 aromatic heterocycles. The summed E-state index contributed by atoms with van der Waals surface area (Å²) in [6.07, 6.45) is 2.28. The Morgan fingerprint density at radius 2 is 2.14 bits per heavy atom. The van der Waals surface area contributed by atoms with E-state index in [2.05, 4.69) is 15.7 Å². The standard InChI is InChI=1S/C14H16N4O3/c1-18-8-6-12(17-18)16-14(21)15-7-5-10-3-2-4-11(9-10)13(19)20/h2-4,6,8-9H,5,7H2,1H3,(H,19,20)(H2,15,16,17,21). The van der Waals surface area contributed by atoms with Gasteiger partial charge in [-0.05, 0) is 24.1 Å². The van der Waals surface area contributed by atoms with Crippen molar-refractivity contribution in [1.29, 1.82) is 0 Å². The molecule has 7 nitrogen and oxygen atoms in total. The van der Waals surface area contributed by atoms with Crippen molar-refractivity contribution in [2.45, 2.75) is 6.42 Å². The first kappa shape index (κ1) is 14.6. The van der Waals surface area contributed by atoms with Gasteiger partial charge in [0, 0.05) is 25.9 Å². The van der Waals surface area contributed by atoms with Crippen molar-refractivity contribution in [3.63, 3.8) is 0 Å². The van der Waals surface area contributed by atoms with Crippen molar-refractivity contribution in [2.24, 2.45) is 7.05 Å². The van der Waals surface area contributed by atoms with Gasteiger partial charge in [-0.15, -0.1) is 0 Å². The van der Waals surface area contributed by atoms with Gasteiger partial charge in [0.05, 0.1) is 5.56 Å². The highest BCUT2D eigenvalue weighted by Crippen LogP contribution is 2.06. The summed E-state index contributed by atoms with van der Waals surface area (Å²) in [5.74, 6) is -0.486. The van der Waals surface area contributed by atoms with Gasteiger partial charge in [-0.1, -0.05) is 12.1 Å². The van der Waals surface area contributed by atoms with Crippen LogP contribution in [0.5, 0.6) is 0 Å². The van der Waals surface area contributed by atoms with Gasteiger partial charge in [-0.3, -0.25) is 10.00 Å². The normalized spacial score (nSPS) is 10.1. The SMILES string of the molecule is Cn1ccc(NC(=O)NCCc2cccc(C(=O)O)c2)n1. The van der Waals surface area contributed by atoms with Crippen molar-refractivity contribution >= 4 is 17.8 Å². The molecule has 0 spiro atoms. The molecule has 0 bridgehead atoms. The number of hydrogen-bond donors (Lipinski definition) is 3. The average Bonchev–Trinajstić information content (AvgIpc) is 2.84. The molecule has 2 rings (SSSR count). The molecule has 0 fully saturated rings. The summed E-state index contributed by atoms with van der Waals surface area (Å²) in [7, 11) is 1.76. The number of carboxylic acids is 1. The van der Waals surface area contributed by atoms with Crippen LogP contribution in [-0.2, 0) is 13.5 Å². The third kappa shape index (κ3) is 4.34. The molecule has 1 heterocycles. The number of anilines is 1. The summed E-state index contributed by atoms with van der Waals surface area (Å²) >= 11 is 0. The van der Waals surface area contributed by atoms with Gasteiger partial charge in [-0.25, -0.2) is 9.59 Å². The predicted molar refractivity (Wildman–Crippen MR) is 77.3 cm³/mol. The lowest BCUT2D eigenvalue weighted by molar-refractivity contribution is 0.0696. The Bertz CT molecular complexity index is 651. The first-order valence-corrected chi connectivity index (χ1v) is 6.41. The molecule has 2 amide bonds. The van der Waals surface area contributed by atoms with E-state index in [1.165, 1.54) is 6.07 Å². The van der Waals surface area contributed by atoms with Crippen LogP contribution in [0.25, 0.3) is 0 Å². The highest BCUT2D eigenvalue weighted by atomic mass is 16.4. The lowest BCUT2D eigenvalue weighted by Gasteiger charge is -2.06. The van der Waals surface area contributed by atoms with E-state index < -0.39 is 5.97 Å². The molecule has 0 unspecified atom stereocenters. The van der Waals surface area contributed by atoms with Crippen LogP contribution in [0.2, 0.25) is 0 Å². The number of benzene rings is 1. The zero-order valence-electron chi connectivity index (χ0n) is 11.5. The fourth-order valence-corrected chi connectivity index (χ4v) is 1.82. The highest BCUT2D eigenvalue weighted by Gasteiger charge is 2.05. The molecule has 0 aliphatic heterocycles. The molecule has 0 radical (unpaired) electrons. The van der Waals surface area contributed by atoms with Crippen molar-refractivity contribution in [3.05, 3.63) is 47.7 Å².